The number of nitrogens with zero attached hydrogens (tertiary/aromatic N) is 2. The molecule has 1 aliphatic carbocycles. The predicted octanol–water partition coefficient (Wildman–Crippen LogP) is 4.13. The molecular formula is C20H27N3. The zero-order valence-electron chi connectivity index (χ0n) is 14.4. The van der Waals surface area contributed by atoms with Gasteiger partial charge in [-0.15, -0.1) is 0 Å². The van der Waals surface area contributed by atoms with Crippen molar-refractivity contribution in [3.8, 4) is 0 Å². The Balaban J connectivity index is 0.000000229. The highest BCUT2D eigenvalue weighted by molar-refractivity contribution is 5.17. The van der Waals surface area contributed by atoms with Crippen molar-refractivity contribution in [2.45, 2.75) is 40.0 Å². The maximum atomic E-state index is 5.69. The third kappa shape index (κ3) is 5.51. The topological polar surface area (TPSA) is 51.8 Å². The maximum Gasteiger partial charge on any atom is 0.125 e. The van der Waals surface area contributed by atoms with Crippen molar-refractivity contribution in [3.63, 3.8) is 0 Å². The Morgan fingerprint density at radius 1 is 1.22 bits per heavy atom. The van der Waals surface area contributed by atoms with Crippen molar-refractivity contribution in [2.24, 2.45) is 17.6 Å². The number of nitrogens with two attached hydrogens (primary N) is 1. The average Bonchev–Trinajstić information content (AvgIpc) is 3.28. The molecule has 0 bridgehead atoms. The van der Waals surface area contributed by atoms with Gasteiger partial charge in [-0.05, 0) is 51.5 Å². The van der Waals surface area contributed by atoms with Crippen LogP contribution in [0, 0.1) is 32.6 Å². The summed E-state index contributed by atoms with van der Waals surface area (Å²) in [5.74, 6) is 2.14. The van der Waals surface area contributed by atoms with Gasteiger partial charge in [0.25, 0.3) is 0 Å². The maximum absolute atomic E-state index is 5.69. The summed E-state index contributed by atoms with van der Waals surface area (Å²) in [4.78, 5) is 8.61. The van der Waals surface area contributed by atoms with E-state index in [1.54, 1.807) is 0 Å². The van der Waals surface area contributed by atoms with E-state index in [0.29, 0.717) is 5.92 Å². The van der Waals surface area contributed by atoms with Gasteiger partial charge in [-0.2, -0.15) is 0 Å². The van der Waals surface area contributed by atoms with Gasteiger partial charge in [0, 0.05) is 23.5 Å². The highest BCUT2D eigenvalue weighted by atomic mass is 14.9. The van der Waals surface area contributed by atoms with Crippen LogP contribution in [0.5, 0.6) is 0 Å². The lowest BCUT2D eigenvalue weighted by molar-refractivity contribution is 0.675. The summed E-state index contributed by atoms with van der Waals surface area (Å²) in [6.07, 6.45) is 5.39. The van der Waals surface area contributed by atoms with E-state index in [-0.39, 0.29) is 0 Å². The van der Waals surface area contributed by atoms with Crippen LogP contribution in [-0.4, -0.2) is 9.97 Å². The fourth-order valence-electron chi connectivity index (χ4n) is 2.75. The van der Waals surface area contributed by atoms with Crippen LogP contribution < -0.4 is 5.73 Å². The lowest BCUT2D eigenvalue weighted by Crippen LogP contribution is -2.01. The molecule has 2 N–H and O–H groups in total. The van der Waals surface area contributed by atoms with Crippen molar-refractivity contribution in [1.29, 1.82) is 0 Å². The Labute approximate surface area is 139 Å². The first kappa shape index (κ1) is 17.2. The smallest absolute Gasteiger partial charge is 0.125 e. The molecule has 1 aliphatic rings. The summed E-state index contributed by atoms with van der Waals surface area (Å²) in [6.45, 7) is 9.86. The number of aromatic nitrogens is 2. The Morgan fingerprint density at radius 3 is 2.39 bits per heavy atom. The molecule has 122 valence electrons. The van der Waals surface area contributed by atoms with Crippen molar-refractivity contribution in [3.05, 3.63) is 71.4 Å². The fourth-order valence-corrected chi connectivity index (χ4v) is 2.75. The molecule has 3 heteroatoms. The number of hydrogen-bond acceptors (Lipinski definition) is 3. The number of hydrogen-bond donors (Lipinski definition) is 1. The molecule has 0 spiro atoms. The second-order valence-corrected chi connectivity index (χ2v) is 6.40. The summed E-state index contributed by atoms with van der Waals surface area (Å²) < 4.78 is 0. The first-order valence-electron chi connectivity index (χ1n) is 8.22. The quantitative estimate of drug-likeness (QED) is 0.924. The van der Waals surface area contributed by atoms with Gasteiger partial charge in [0.15, 0.2) is 0 Å². The first-order valence-corrected chi connectivity index (χ1v) is 8.22. The van der Waals surface area contributed by atoms with Gasteiger partial charge in [0.1, 0.15) is 5.82 Å². The van der Waals surface area contributed by atoms with Gasteiger partial charge in [-0.25, -0.2) is 9.97 Å². The van der Waals surface area contributed by atoms with E-state index in [1.165, 1.54) is 24.0 Å². The third-order valence-electron chi connectivity index (χ3n) is 4.33. The van der Waals surface area contributed by atoms with E-state index < -0.39 is 0 Å². The van der Waals surface area contributed by atoms with Gasteiger partial charge in [-0.3, -0.25) is 0 Å². The molecule has 1 aromatic heterocycles. The Hall–Kier alpha value is -2.16. The van der Waals surface area contributed by atoms with Gasteiger partial charge >= 0.3 is 0 Å². The SMILES string of the molecule is C=C(N)[C@@H]1CC1CCc1cnc(C)nc1C.Cc1ccccc1. The van der Waals surface area contributed by atoms with Gasteiger partial charge < -0.3 is 5.73 Å². The second kappa shape index (κ2) is 7.91. The Morgan fingerprint density at radius 2 is 1.91 bits per heavy atom. The number of aryl methyl sites for hydroxylation is 4. The van der Waals surface area contributed by atoms with E-state index in [0.717, 1.165) is 29.6 Å². The molecule has 1 aromatic carbocycles. The number of rotatable bonds is 4. The number of allylic oxidation sites excluding steroid dienone is 1. The van der Waals surface area contributed by atoms with Crippen LogP contribution in [0.25, 0.3) is 0 Å². The molecule has 0 radical (unpaired) electrons. The molecule has 2 aromatic rings. The molecule has 2 atom stereocenters. The summed E-state index contributed by atoms with van der Waals surface area (Å²) >= 11 is 0. The predicted molar refractivity (Wildman–Crippen MR) is 95.9 cm³/mol. The van der Waals surface area contributed by atoms with Crippen molar-refractivity contribution in [2.75, 3.05) is 0 Å². The van der Waals surface area contributed by atoms with Gasteiger partial charge in [-0.1, -0.05) is 42.5 Å². The summed E-state index contributed by atoms with van der Waals surface area (Å²) in [6, 6.07) is 10.3. The van der Waals surface area contributed by atoms with Gasteiger partial charge in [0.2, 0.25) is 0 Å². The molecule has 0 aliphatic heterocycles. The second-order valence-electron chi connectivity index (χ2n) is 6.40. The highest BCUT2D eigenvalue weighted by Crippen LogP contribution is 2.44. The van der Waals surface area contributed by atoms with Gasteiger partial charge in [0.05, 0.1) is 0 Å². The Bertz CT molecular complexity index is 649. The monoisotopic (exact) mass is 309 g/mol. The molecular weight excluding hydrogens is 282 g/mol. The van der Waals surface area contributed by atoms with Crippen molar-refractivity contribution < 1.29 is 0 Å². The molecule has 23 heavy (non-hydrogen) atoms. The molecule has 1 unspecified atom stereocenters. The van der Waals surface area contributed by atoms with Crippen molar-refractivity contribution >= 4 is 0 Å². The molecule has 3 nitrogen and oxygen atoms in total. The summed E-state index contributed by atoms with van der Waals surface area (Å²) in [7, 11) is 0. The normalized spacial score (nSPS) is 18.7. The van der Waals surface area contributed by atoms with Crippen molar-refractivity contribution in [1.82, 2.24) is 9.97 Å². The lowest BCUT2D eigenvalue weighted by Gasteiger charge is -2.05. The Kier molecular flexibility index (Phi) is 5.91. The fraction of sp³-hybridized carbons (Fsp3) is 0.400. The average molecular weight is 309 g/mol. The van der Waals surface area contributed by atoms with E-state index in [4.69, 9.17) is 5.73 Å². The van der Waals surface area contributed by atoms with E-state index in [9.17, 15) is 0 Å². The lowest BCUT2D eigenvalue weighted by atomic mass is 10.1. The van der Waals surface area contributed by atoms with Crippen LogP contribution >= 0.6 is 0 Å². The molecule has 0 amide bonds. The minimum atomic E-state index is 0.562. The molecule has 1 saturated carbocycles. The zero-order chi connectivity index (χ0) is 16.8. The zero-order valence-corrected chi connectivity index (χ0v) is 14.4. The third-order valence-corrected chi connectivity index (χ3v) is 4.33. The standard InChI is InChI=1S/C13H19N3.C7H8/c1-8(14)13-6-11(13)4-5-12-7-15-10(3)16-9(12)2;1-7-5-3-2-4-6-7/h7,11,13H,1,4-6,14H2,2-3H3;2-6H,1H3/t11?,13-;/m0./s1. The van der Waals surface area contributed by atoms with Crippen LogP contribution in [0.15, 0.2) is 48.8 Å². The minimum absolute atomic E-state index is 0.562. The van der Waals surface area contributed by atoms with E-state index in [1.807, 2.05) is 31.3 Å². The molecule has 1 fully saturated rings. The van der Waals surface area contributed by atoms with Crippen LogP contribution in [0.4, 0.5) is 0 Å². The first-order chi connectivity index (χ1) is 11.0. The molecule has 0 saturated heterocycles. The summed E-state index contributed by atoms with van der Waals surface area (Å²) in [5.41, 5.74) is 10.2. The largest absolute Gasteiger partial charge is 0.402 e. The van der Waals surface area contributed by atoms with Crippen LogP contribution in [0.1, 0.15) is 35.5 Å². The number of benzene rings is 1. The molecule has 1 heterocycles. The molecule has 3 rings (SSSR count). The van der Waals surface area contributed by atoms with Crippen LogP contribution in [0.3, 0.4) is 0 Å². The van der Waals surface area contributed by atoms with Crippen LogP contribution in [-0.2, 0) is 6.42 Å². The summed E-state index contributed by atoms with van der Waals surface area (Å²) in [5, 5.41) is 0. The highest BCUT2D eigenvalue weighted by Gasteiger charge is 2.37. The van der Waals surface area contributed by atoms with E-state index >= 15 is 0 Å². The van der Waals surface area contributed by atoms with E-state index in [2.05, 4.69) is 42.5 Å². The van der Waals surface area contributed by atoms with Crippen LogP contribution in [0.2, 0.25) is 0 Å². The minimum Gasteiger partial charge on any atom is -0.402 e.